The zero-order valence-corrected chi connectivity index (χ0v) is 11.3. The van der Waals surface area contributed by atoms with Crippen LogP contribution >= 0.6 is 0 Å². The number of carboxylic acid groups (broad SMARTS) is 1. The first-order valence-electron chi connectivity index (χ1n) is 6.59. The molecule has 0 unspecified atom stereocenters. The number of carbonyl (C=O) groups excluding carboxylic acids is 1. The Kier molecular flexibility index (Phi) is 4.39. The number of anilines is 1. The zero-order valence-electron chi connectivity index (χ0n) is 11.3. The van der Waals surface area contributed by atoms with Crippen LogP contribution in [0.25, 0.3) is 0 Å². The second-order valence-electron chi connectivity index (χ2n) is 5.23. The van der Waals surface area contributed by atoms with E-state index in [1.807, 2.05) is 0 Å². The van der Waals surface area contributed by atoms with Crippen molar-refractivity contribution < 1.29 is 32.3 Å². The SMILES string of the molecule is O=C(O)[C@@H]1CC[C@H](C(=O)Nc2ccc(F)c(C(F)(F)F)c2)C1. The van der Waals surface area contributed by atoms with Gasteiger partial charge >= 0.3 is 12.1 Å². The van der Waals surface area contributed by atoms with E-state index >= 15 is 0 Å². The van der Waals surface area contributed by atoms with Gasteiger partial charge in [-0.15, -0.1) is 0 Å². The number of hydrogen-bond acceptors (Lipinski definition) is 2. The first kappa shape index (κ1) is 16.3. The number of carboxylic acids is 1. The summed E-state index contributed by atoms with van der Waals surface area (Å²) in [5.74, 6) is -4.15. The lowest BCUT2D eigenvalue weighted by molar-refractivity contribution is -0.142. The summed E-state index contributed by atoms with van der Waals surface area (Å²) in [6.07, 6.45) is -4.00. The highest BCUT2D eigenvalue weighted by Gasteiger charge is 2.36. The lowest BCUT2D eigenvalue weighted by Crippen LogP contribution is -2.22. The first-order valence-corrected chi connectivity index (χ1v) is 6.59. The molecule has 0 radical (unpaired) electrons. The molecule has 0 heterocycles. The van der Waals surface area contributed by atoms with Crippen molar-refractivity contribution in [3.05, 3.63) is 29.6 Å². The molecule has 1 aromatic carbocycles. The van der Waals surface area contributed by atoms with Gasteiger partial charge in [-0.05, 0) is 37.5 Å². The largest absolute Gasteiger partial charge is 0.481 e. The van der Waals surface area contributed by atoms with Crippen LogP contribution in [0.5, 0.6) is 0 Å². The van der Waals surface area contributed by atoms with Crippen molar-refractivity contribution in [3.63, 3.8) is 0 Å². The number of hydrogen-bond donors (Lipinski definition) is 2. The fourth-order valence-corrected chi connectivity index (χ4v) is 2.51. The average Bonchev–Trinajstić information content (AvgIpc) is 2.89. The van der Waals surface area contributed by atoms with Crippen LogP contribution in [0.3, 0.4) is 0 Å². The molecule has 22 heavy (non-hydrogen) atoms. The molecule has 1 amide bonds. The maximum atomic E-state index is 13.1. The van der Waals surface area contributed by atoms with E-state index in [1.165, 1.54) is 0 Å². The second-order valence-corrected chi connectivity index (χ2v) is 5.23. The van der Waals surface area contributed by atoms with Crippen molar-refractivity contribution in [2.24, 2.45) is 11.8 Å². The van der Waals surface area contributed by atoms with E-state index in [1.54, 1.807) is 0 Å². The molecule has 1 aliphatic rings. The summed E-state index contributed by atoms with van der Waals surface area (Å²) in [5, 5.41) is 11.1. The standard InChI is InChI=1S/C14H13F4NO3/c15-11-4-3-9(6-10(11)14(16,17)18)19-12(20)7-1-2-8(5-7)13(21)22/h3-4,6-8H,1-2,5H2,(H,19,20)(H,21,22)/t7-,8+/m0/s1. The molecule has 0 aliphatic heterocycles. The van der Waals surface area contributed by atoms with Gasteiger partial charge in [0.15, 0.2) is 0 Å². The Hall–Kier alpha value is -2.12. The Morgan fingerprint density at radius 1 is 1.18 bits per heavy atom. The van der Waals surface area contributed by atoms with Gasteiger partial charge in [0, 0.05) is 11.6 Å². The number of benzene rings is 1. The molecule has 0 spiro atoms. The van der Waals surface area contributed by atoms with Crippen molar-refractivity contribution in [1.29, 1.82) is 0 Å². The normalized spacial score (nSPS) is 21.6. The Labute approximate surface area is 123 Å². The second kappa shape index (κ2) is 5.94. The Bertz CT molecular complexity index is 600. The number of rotatable bonds is 3. The van der Waals surface area contributed by atoms with Crippen molar-refractivity contribution in [2.45, 2.75) is 25.4 Å². The summed E-state index contributed by atoms with van der Waals surface area (Å²) in [5.41, 5.74) is -1.63. The van der Waals surface area contributed by atoms with Gasteiger partial charge < -0.3 is 10.4 Å². The summed E-state index contributed by atoms with van der Waals surface area (Å²) in [6, 6.07) is 2.19. The Morgan fingerprint density at radius 2 is 1.82 bits per heavy atom. The van der Waals surface area contributed by atoms with Crippen LogP contribution in [0.1, 0.15) is 24.8 Å². The van der Waals surface area contributed by atoms with Gasteiger partial charge in [-0.25, -0.2) is 4.39 Å². The molecule has 120 valence electrons. The highest BCUT2D eigenvalue weighted by Crippen LogP contribution is 2.34. The highest BCUT2D eigenvalue weighted by atomic mass is 19.4. The number of amides is 1. The summed E-state index contributed by atoms with van der Waals surface area (Å²) < 4.78 is 50.9. The third kappa shape index (κ3) is 3.55. The summed E-state index contributed by atoms with van der Waals surface area (Å²) in [6.45, 7) is 0. The molecule has 0 bridgehead atoms. The van der Waals surface area contributed by atoms with Gasteiger partial charge in [-0.2, -0.15) is 13.2 Å². The van der Waals surface area contributed by atoms with Gasteiger partial charge in [-0.1, -0.05) is 0 Å². The number of carbonyl (C=O) groups is 2. The highest BCUT2D eigenvalue weighted by molar-refractivity contribution is 5.93. The molecule has 1 aromatic rings. The van der Waals surface area contributed by atoms with Gasteiger partial charge in [0.1, 0.15) is 5.82 Å². The molecular weight excluding hydrogens is 306 g/mol. The molecule has 2 rings (SSSR count). The van der Waals surface area contributed by atoms with Gasteiger partial charge in [0.25, 0.3) is 0 Å². The Morgan fingerprint density at radius 3 is 2.36 bits per heavy atom. The van der Waals surface area contributed by atoms with E-state index in [4.69, 9.17) is 5.11 Å². The van der Waals surface area contributed by atoms with Crippen molar-refractivity contribution in [2.75, 3.05) is 5.32 Å². The fraction of sp³-hybridized carbons (Fsp3) is 0.429. The van der Waals surface area contributed by atoms with E-state index in [-0.39, 0.29) is 12.1 Å². The number of nitrogens with one attached hydrogen (secondary N) is 1. The molecular formula is C14H13F4NO3. The van der Waals surface area contributed by atoms with E-state index in [0.717, 1.165) is 6.07 Å². The van der Waals surface area contributed by atoms with Gasteiger partial charge in [0.2, 0.25) is 5.91 Å². The predicted molar refractivity (Wildman–Crippen MR) is 68.5 cm³/mol. The monoisotopic (exact) mass is 319 g/mol. The maximum absolute atomic E-state index is 13.1. The van der Waals surface area contributed by atoms with Crippen LogP contribution in [0.2, 0.25) is 0 Å². The average molecular weight is 319 g/mol. The van der Waals surface area contributed by atoms with Crippen LogP contribution in [-0.4, -0.2) is 17.0 Å². The molecule has 2 atom stereocenters. The van der Waals surface area contributed by atoms with Crippen molar-refractivity contribution in [3.8, 4) is 0 Å². The smallest absolute Gasteiger partial charge is 0.419 e. The minimum absolute atomic E-state index is 0.147. The number of alkyl halides is 3. The van der Waals surface area contributed by atoms with Crippen molar-refractivity contribution in [1.82, 2.24) is 0 Å². The molecule has 1 saturated carbocycles. The first-order chi connectivity index (χ1) is 10.2. The molecule has 8 heteroatoms. The number of halogens is 4. The summed E-state index contributed by atoms with van der Waals surface area (Å²) >= 11 is 0. The van der Waals surface area contributed by atoms with E-state index in [0.29, 0.717) is 25.0 Å². The van der Waals surface area contributed by atoms with Gasteiger partial charge in [-0.3, -0.25) is 9.59 Å². The van der Waals surface area contributed by atoms with E-state index < -0.39 is 41.3 Å². The maximum Gasteiger partial charge on any atom is 0.419 e. The molecule has 4 nitrogen and oxygen atoms in total. The minimum atomic E-state index is -4.85. The van der Waals surface area contributed by atoms with Crippen LogP contribution < -0.4 is 5.32 Å². The molecule has 1 aliphatic carbocycles. The van der Waals surface area contributed by atoms with Crippen LogP contribution in [-0.2, 0) is 15.8 Å². The topological polar surface area (TPSA) is 66.4 Å². The molecule has 0 aromatic heterocycles. The van der Waals surface area contributed by atoms with Crippen LogP contribution in [0, 0.1) is 17.7 Å². The van der Waals surface area contributed by atoms with E-state index in [2.05, 4.69) is 5.32 Å². The summed E-state index contributed by atoms with van der Waals surface area (Å²) in [4.78, 5) is 22.8. The summed E-state index contributed by atoms with van der Waals surface area (Å²) in [7, 11) is 0. The molecule has 0 saturated heterocycles. The zero-order chi connectivity index (χ0) is 16.5. The molecule has 2 N–H and O–H groups in total. The number of aliphatic carboxylic acids is 1. The fourth-order valence-electron chi connectivity index (χ4n) is 2.51. The Balaban J connectivity index is 2.08. The quantitative estimate of drug-likeness (QED) is 0.840. The van der Waals surface area contributed by atoms with Crippen LogP contribution in [0.15, 0.2) is 18.2 Å². The van der Waals surface area contributed by atoms with Crippen LogP contribution in [0.4, 0.5) is 23.2 Å². The lowest BCUT2D eigenvalue weighted by Gasteiger charge is -2.13. The predicted octanol–water partition coefficient (Wildman–Crippen LogP) is 3.28. The van der Waals surface area contributed by atoms with Gasteiger partial charge in [0.05, 0.1) is 11.5 Å². The minimum Gasteiger partial charge on any atom is -0.481 e. The lowest BCUT2D eigenvalue weighted by atomic mass is 10.0. The third-order valence-electron chi connectivity index (χ3n) is 3.69. The van der Waals surface area contributed by atoms with Crippen molar-refractivity contribution >= 4 is 17.6 Å². The van der Waals surface area contributed by atoms with E-state index in [9.17, 15) is 27.2 Å². The molecule has 1 fully saturated rings. The third-order valence-corrected chi connectivity index (χ3v) is 3.69.